The van der Waals surface area contributed by atoms with Crippen molar-refractivity contribution >= 4 is 28.5 Å². The Morgan fingerprint density at radius 1 is 1.47 bits per heavy atom. The van der Waals surface area contributed by atoms with E-state index in [1.54, 1.807) is 4.90 Å². The molecule has 4 N–H and O–H groups in total. The van der Waals surface area contributed by atoms with Crippen LogP contribution in [0.25, 0.3) is 0 Å². The van der Waals surface area contributed by atoms with Gasteiger partial charge < -0.3 is 16.5 Å². The Morgan fingerprint density at radius 2 is 2.24 bits per heavy atom. The summed E-state index contributed by atoms with van der Waals surface area (Å²) in [5, 5.41) is 3.55. The molecule has 1 heterocycles. The van der Waals surface area contributed by atoms with E-state index in [-0.39, 0.29) is 16.8 Å². The highest BCUT2D eigenvalue weighted by Gasteiger charge is 2.23. The Bertz CT molecular complexity index is 461. The maximum Gasteiger partial charge on any atom is 0.237 e. The van der Waals surface area contributed by atoms with E-state index in [2.05, 4.69) is 5.10 Å². The molecule has 0 saturated carbocycles. The predicted molar refractivity (Wildman–Crippen MR) is 70.8 cm³/mol. The number of amidine groups is 1. The van der Waals surface area contributed by atoms with Crippen LogP contribution in [-0.4, -0.2) is 23.4 Å². The van der Waals surface area contributed by atoms with Gasteiger partial charge in [0.1, 0.15) is 0 Å². The van der Waals surface area contributed by atoms with Crippen LogP contribution in [0.5, 0.6) is 0 Å². The number of nitrogens with zero attached hydrogens (tertiary/aromatic N) is 2. The van der Waals surface area contributed by atoms with Gasteiger partial charge in [0.25, 0.3) is 0 Å². The highest BCUT2D eigenvalue weighted by atomic mass is 32.2. The van der Waals surface area contributed by atoms with E-state index in [4.69, 9.17) is 11.6 Å². The van der Waals surface area contributed by atoms with Crippen molar-refractivity contribution in [2.75, 3.05) is 17.2 Å². The second-order valence-electron chi connectivity index (χ2n) is 3.68. The number of fused-ring (bicyclic) bond motifs is 1. The van der Waals surface area contributed by atoms with Gasteiger partial charge in [-0.05, 0) is 18.1 Å². The molecule has 0 atom stereocenters. The first-order chi connectivity index (χ1) is 8.22. The molecule has 0 aromatic heterocycles. The summed E-state index contributed by atoms with van der Waals surface area (Å²) in [5.41, 5.74) is 7.65. The van der Waals surface area contributed by atoms with Crippen LogP contribution >= 0.6 is 11.8 Å². The smallest absolute Gasteiger partial charge is 0.237 e. The van der Waals surface area contributed by atoms with E-state index in [0.717, 1.165) is 30.4 Å². The Hall–Kier alpha value is -1.69. The maximum atomic E-state index is 12.0. The molecule has 6 heteroatoms. The topological polar surface area (TPSA) is 84.7 Å². The Labute approximate surface area is 104 Å². The van der Waals surface area contributed by atoms with Gasteiger partial charge in [-0.15, -0.1) is 0 Å². The molecule has 1 aromatic rings. The summed E-state index contributed by atoms with van der Waals surface area (Å²) in [5.74, 6) is 5.30. The molecule has 90 valence electrons. The summed E-state index contributed by atoms with van der Waals surface area (Å²) in [6, 6.07) is 7.94. The average molecular weight is 250 g/mol. The van der Waals surface area contributed by atoms with Crippen molar-refractivity contribution in [2.24, 2.45) is 16.7 Å². The molecular formula is C11H14N4OS. The molecule has 1 aromatic carbocycles. The lowest BCUT2D eigenvalue weighted by atomic mass is 10.2. The zero-order valence-electron chi connectivity index (χ0n) is 9.30. The van der Waals surface area contributed by atoms with Crippen molar-refractivity contribution in [3.63, 3.8) is 0 Å². The number of para-hydroxylation sites is 1. The molecule has 0 saturated heterocycles. The van der Waals surface area contributed by atoms with Gasteiger partial charge in [-0.2, -0.15) is 5.10 Å². The number of hydrazone groups is 1. The largest absolute Gasteiger partial charge is 0.377 e. The van der Waals surface area contributed by atoms with Gasteiger partial charge in [0, 0.05) is 12.2 Å². The van der Waals surface area contributed by atoms with Gasteiger partial charge in [-0.25, -0.2) is 0 Å². The summed E-state index contributed by atoms with van der Waals surface area (Å²) in [4.78, 5) is 13.8. The second-order valence-corrected chi connectivity index (χ2v) is 4.68. The lowest BCUT2D eigenvalue weighted by molar-refractivity contribution is -0.116. The summed E-state index contributed by atoms with van der Waals surface area (Å²) >= 11 is 1.16. The van der Waals surface area contributed by atoms with E-state index >= 15 is 0 Å². The van der Waals surface area contributed by atoms with E-state index in [9.17, 15) is 4.79 Å². The number of carbonyl (C=O) groups is 1. The number of hydrogen-bond acceptors (Lipinski definition) is 4. The van der Waals surface area contributed by atoms with Gasteiger partial charge in [0.05, 0.1) is 5.75 Å². The van der Waals surface area contributed by atoms with Crippen LogP contribution in [0.3, 0.4) is 0 Å². The number of thioether (sulfide) groups is 1. The number of hydrogen-bond donors (Lipinski definition) is 2. The molecule has 1 amide bonds. The number of benzene rings is 1. The van der Waals surface area contributed by atoms with Crippen LogP contribution in [0.2, 0.25) is 0 Å². The highest BCUT2D eigenvalue weighted by Crippen LogP contribution is 2.27. The van der Waals surface area contributed by atoms with E-state index in [0.29, 0.717) is 0 Å². The molecule has 1 aliphatic heterocycles. The first-order valence-corrected chi connectivity index (χ1v) is 6.25. The monoisotopic (exact) mass is 250 g/mol. The van der Waals surface area contributed by atoms with Crippen LogP contribution in [-0.2, 0) is 11.2 Å². The minimum atomic E-state index is 0.0338. The molecular weight excluding hydrogens is 236 g/mol. The maximum absolute atomic E-state index is 12.0. The SMILES string of the molecule is NN=C(N)SCC(=O)N1CCc2ccccc21. The Morgan fingerprint density at radius 3 is 3.00 bits per heavy atom. The van der Waals surface area contributed by atoms with Crippen molar-refractivity contribution < 1.29 is 4.79 Å². The fourth-order valence-corrected chi connectivity index (χ4v) is 2.35. The van der Waals surface area contributed by atoms with Gasteiger partial charge in [0.15, 0.2) is 5.17 Å². The van der Waals surface area contributed by atoms with Crippen molar-refractivity contribution in [3.05, 3.63) is 29.8 Å². The van der Waals surface area contributed by atoms with Gasteiger partial charge in [-0.1, -0.05) is 30.0 Å². The molecule has 5 nitrogen and oxygen atoms in total. The molecule has 0 unspecified atom stereocenters. The molecule has 17 heavy (non-hydrogen) atoms. The molecule has 0 fully saturated rings. The number of nitrogens with two attached hydrogens (primary N) is 2. The third-order valence-corrected chi connectivity index (χ3v) is 3.45. The number of anilines is 1. The lowest BCUT2D eigenvalue weighted by Crippen LogP contribution is -2.31. The Balaban J connectivity index is 2.03. The third-order valence-electron chi connectivity index (χ3n) is 2.66. The third kappa shape index (κ3) is 2.52. The molecule has 0 bridgehead atoms. The van der Waals surface area contributed by atoms with E-state index < -0.39 is 0 Å². The standard InChI is InChI=1S/C11H14N4OS/c12-11(14-13)17-7-10(16)15-6-5-8-3-1-2-4-9(8)15/h1-4H,5-7,13H2,(H2,12,14). The fraction of sp³-hybridized carbons (Fsp3) is 0.273. The van der Waals surface area contributed by atoms with Gasteiger partial charge in [-0.3, -0.25) is 4.79 Å². The van der Waals surface area contributed by atoms with Gasteiger partial charge >= 0.3 is 0 Å². The quantitative estimate of drug-likeness (QED) is 0.346. The van der Waals surface area contributed by atoms with Gasteiger partial charge in [0.2, 0.25) is 5.91 Å². The summed E-state index contributed by atoms with van der Waals surface area (Å²) < 4.78 is 0. The van der Waals surface area contributed by atoms with Crippen LogP contribution in [0.1, 0.15) is 5.56 Å². The average Bonchev–Trinajstić information content (AvgIpc) is 2.79. The van der Waals surface area contributed by atoms with Crippen LogP contribution in [0.15, 0.2) is 29.4 Å². The summed E-state index contributed by atoms with van der Waals surface area (Å²) in [6.45, 7) is 0.735. The highest BCUT2D eigenvalue weighted by molar-refractivity contribution is 8.14. The first-order valence-electron chi connectivity index (χ1n) is 5.27. The molecule has 1 aliphatic rings. The fourth-order valence-electron chi connectivity index (χ4n) is 1.85. The lowest BCUT2D eigenvalue weighted by Gasteiger charge is -2.16. The predicted octanol–water partition coefficient (Wildman–Crippen LogP) is 0.497. The number of carbonyl (C=O) groups excluding carboxylic acids is 1. The molecule has 0 aliphatic carbocycles. The zero-order valence-corrected chi connectivity index (χ0v) is 10.1. The van der Waals surface area contributed by atoms with Crippen molar-refractivity contribution in [3.8, 4) is 0 Å². The summed E-state index contributed by atoms with van der Waals surface area (Å²) in [6.07, 6.45) is 0.910. The van der Waals surface area contributed by atoms with Crippen molar-refractivity contribution in [1.82, 2.24) is 0 Å². The number of amides is 1. The minimum Gasteiger partial charge on any atom is -0.377 e. The normalized spacial score (nSPS) is 14.8. The number of rotatable bonds is 2. The van der Waals surface area contributed by atoms with Crippen LogP contribution < -0.4 is 16.5 Å². The van der Waals surface area contributed by atoms with Crippen molar-refractivity contribution in [2.45, 2.75) is 6.42 Å². The zero-order chi connectivity index (χ0) is 12.3. The second kappa shape index (κ2) is 5.09. The van der Waals surface area contributed by atoms with Crippen LogP contribution in [0.4, 0.5) is 5.69 Å². The summed E-state index contributed by atoms with van der Waals surface area (Å²) in [7, 11) is 0. The molecule has 0 spiro atoms. The van der Waals surface area contributed by atoms with E-state index in [1.807, 2.05) is 24.3 Å². The molecule has 2 rings (SSSR count). The first kappa shape index (κ1) is 11.8. The van der Waals surface area contributed by atoms with Crippen LogP contribution in [0, 0.1) is 0 Å². The van der Waals surface area contributed by atoms with Crippen molar-refractivity contribution in [1.29, 1.82) is 0 Å². The van der Waals surface area contributed by atoms with E-state index in [1.165, 1.54) is 5.56 Å². The molecule has 0 radical (unpaired) electrons. The minimum absolute atomic E-state index is 0.0338. The Kier molecular flexibility index (Phi) is 3.53.